The molecule has 2 N–H and O–H groups in total. The molecule has 4 rings (SSSR count). The van der Waals surface area contributed by atoms with E-state index in [2.05, 4.69) is 34.6 Å². The maximum Gasteiger partial charge on any atom is 0.343 e. The zero-order valence-corrected chi connectivity index (χ0v) is 26.7. The van der Waals surface area contributed by atoms with Gasteiger partial charge in [-0.2, -0.15) is 5.10 Å². The number of hydrogen-bond donors (Lipinski definition) is 2. The van der Waals surface area contributed by atoms with Gasteiger partial charge in [-0.05, 0) is 92.6 Å². The van der Waals surface area contributed by atoms with Crippen molar-refractivity contribution in [2.75, 3.05) is 24.6 Å². The number of nitrogens with one attached hydrogen (secondary N) is 2. The molecule has 0 atom stereocenters. The largest absolute Gasteiger partial charge is 0.490 e. The average molecular weight is 650 g/mol. The summed E-state index contributed by atoms with van der Waals surface area (Å²) in [4.78, 5) is 51.4. The third-order valence-corrected chi connectivity index (χ3v) is 7.03. The minimum absolute atomic E-state index is 0.0138. The Kier molecular flexibility index (Phi) is 12.1. The van der Waals surface area contributed by atoms with Gasteiger partial charge in [-0.3, -0.25) is 19.7 Å². The van der Waals surface area contributed by atoms with Crippen molar-refractivity contribution in [3.05, 3.63) is 135 Å². The van der Waals surface area contributed by atoms with Crippen LogP contribution in [0.5, 0.6) is 11.5 Å². The molecule has 4 aromatic carbocycles. The van der Waals surface area contributed by atoms with E-state index in [-0.39, 0.29) is 35.1 Å². The number of ether oxygens (including phenoxy) is 2. The van der Waals surface area contributed by atoms with Crippen LogP contribution in [-0.4, -0.2) is 48.6 Å². The normalized spacial score (nSPS) is 11.1. The lowest BCUT2D eigenvalue weighted by Gasteiger charge is -2.21. The Labute approximate surface area is 277 Å². The summed E-state index contributed by atoms with van der Waals surface area (Å²) in [6.07, 6.45) is 2.94. The lowest BCUT2D eigenvalue weighted by atomic mass is 10.1. The third kappa shape index (κ3) is 9.36. The number of nitro benzene ring substituents is 1. The standard InChI is InChI=1S/C36H35N5O7/c1-4-40(5-2)29-17-12-25(13-18-29)22-31(38-34(42)27-10-8-7-9-11-27)35(43)39-37-24-26-14-21-32(33(23-26)47-6-3)48-36(44)28-15-19-30(20-16-28)41(45)46/h7-24H,4-6H2,1-3H3,(H,38,42)(H,39,43). The fourth-order valence-electron chi connectivity index (χ4n) is 4.54. The van der Waals surface area contributed by atoms with Gasteiger partial charge in [-0.25, -0.2) is 10.2 Å². The molecule has 0 saturated carbocycles. The van der Waals surface area contributed by atoms with Crippen LogP contribution < -0.4 is 25.1 Å². The van der Waals surface area contributed by atoms with Crippen molar-refractivity contribution in [1.82, 2.24) is 10.7 Å². The number of rotatable bonds is 14. The lowest BCUT2D eigenvalue weighted by Crippen LogP contribution is -2.32. The molecule has 12 nitrogen and oxygen atoms in total. The monoisotopic (exact) mass is 649 g/mol. The Bertz CT molecular complexity index is 1800. The van der Waals surface area contributed by atoms with E-state index >= 15 is 0 Å². The molecule has 246 valence electrons. The minimum atomic E-state index is -0.723. The number of hydrogen-bond acceptors (Lipinski definition) is 9. The Morgan fingerprint density at radius 3 is 2.12 bits per heavy atom. The Hall–Kier alpha value is -6.30. The summed E-state index contributed by atoms with van der Waals surface area (Å²) in [5.74, 6) is -1.46. The predicted molar refractivity (Wildman–Crippen MR) is 183 cm³/mol. The van der Waals surface area contributed by atoms with Crippen molar-refractivity contribution >= 4 is 41.4 Å². The summed E-state index contributed by atoms with van der Waals surface area (Å²) >= 11 is 0. The van der Waals surface area contributed by atoms with Crippen molar-refractivity contribution in [2.45, 2.75) is 20.8 Å². The molecule has 0 bridgehead atoms. The van der Waals surface area contributed by atoms with Crippen molar-refractivity contribution in [1.29, 1.82) is 0 Å². The Balaban J connectivity index is 1.50. The van der Waals surface area contributed by atoms with Crippen molar-refractivity contribution in [3.8, 4) is 11.5 Å². The van der Waals surface area contributed by atoms with E-state index in [9.17, 15) is 24.5 Å². The van der Waals surface area contributed by atoms with Crippen molar-refractivity contribution < 1.29 is 28.8 Å². The van der Waals surface area contributed by atoms with Crippen LogP contribution in [-0.2, 0) is 4.79 Å². The van der Waals surface area contributed by atoms with E-state index in [1.165, 1.54) is 36.5 Å². The molecule has 48 heavy (non-hydrogen) atoms. The van der Waals surface area contributed by atoms with Gasteiger partial charge in [-0.1, -0.05) is 30.3 Å². The second-order valence-corrected chi connectivity index (χ2v) is 10.2. The van der Waals surface area contributed by atoms with Gasteiger partial charge in [0.15, 0.2) is 11.5 Å². The van der Waals surface area contributed by atoms with Crippen molar-refractivity contribution in [3.63, 3.8) is 0 Å². The fraction of sp³-hybridized carbons (Fsp3) is 0.167. The molecule has 0 fully saturated rings. The molecular formula is C36H35N5O7. The van der Waals surface area contributed by atoms with Crippen LogP contribution in [0, 0.1) is 10.1 Å². The van der Waals surface area contributed by atoms with Gasteiger partial charge in [-0.15, -0.1) is 0 Å². The molecule has 0 aliphatic heterocycles. The van der Waals surface area contributed by atoms with E-state index in [4.69, 9.17) is 9.47 Å². The number of nitrogens with zero attached hydrogens (tertiary/aromatic N) is 3. The van der Waals surface area contributed by atoms with Gasteiger partial charge in [0.05, 0.1) is 23.3 Å². The fourth-order valence-corrected chi connectivity index (χ4v) is 4.54. The summed E-state index contributed by atoms with van der Waals surface area (Å²) < 4.78 is 11.1. The number of carbonyl (C=O) groups excluding carboxylic acids is 3. The molecule has 0 radical (unpaired) electrons. The number of amides is 2. The highest BCUT2D eigenvalue weighted by Crippen LogP contribution is 2.29. The number of non-ortho nitro benzene ring substituents is 1. The highest BCUT2D eigenvalue weighted by atomic mass is 16.6. The number of carbonyl (C=O) groups is 3. The SMILES string of the molecule is CCOc1cc(C=NNC(=O)C(=Cc2ccc(N(CC)CC)cc2)NC(=O)c2ccccc2)ccc1OC(=O)c1ccc([N+](=O)[O-])cc1. The molecule has 2 amide bonds. The summed E-state index contributed by atoms with van der Waals surface area (Å²) in [6, 6.07) is 25.9. The zero-order chi connectivity index (χ0) is 34.5. The molecule has 0 heterocycles. The number of benzene rings is 4. The maximum absolute atomic E-state index is 13.3. The lowest BCUT2D eigenvalue weighted by molar-refractivity contribution is -0.384. The van der Waals surface area contributed by atoms with Gasteiger partial charge in [0.1, 0.15) is 5.70 Å². The van der Waals surface area contributed by atoms with Crippen LogP contribution in [0.4, 0.5) is 11.4 Å². The van der Waals surface area contributed by atoms with Crippen LogP contribution in [0.15, 0.2) is 108 Å². The van der Waals surface area contributed by atoms with Gasteiger partial charge < -0.3 is 19.7 Å². The van der Waals surface area contributed by atoms with E-state index in [1.807, 2.05) is 24.3 Å². The molecule has 0 unspecified atom stereocenters. The molecule has 12 heteroatoms. The van der Waals surface area contributed by atoms with E-state index in [0.29, 0.717) is 16.7 Å². The molecule has 0 saturated heterocycles. The molecule has 4 aromatic rings. The van der Waals surface area contributed by atoms with Crippen LogP contribution in [0.25, 0.3) is 6.08 Å². The number of anilines is 1. The van der Waals surface area contributed by atoms with Crippen LogP contribution in [0.1, 0.15) is 52.6 Å². The quantitative estimate of drug-likeness (QED) is 0.0423. The van der Waals surface area contributed by atoms with Gasteiger partial charge in [0, 0.05) is 36.5 Å². The van der Waals surface area contributed by atoms with Gasteiger partial charge in [0.25, 0.3) is 17.5 Å². The van der Waals surface area contributed by atoms with E-state index in [0.717, 1.165) is 18.8 Å². The van der Waals surface area contributed by atoms with E-state index < -0.39 is 22.7 Å². The molecular weight excluding hydrogens is 614 g/mol. The van der Waals surface area contributed by atoms with Crippen LogP contribution in [0.2, 0.25) is 0 Å². The summed E-state index contributed by atoms with van der Waals surface area (Å²) in [5.41, 5.74) is 5.06. The maximum atomic E-state index is 13.3. The first-order valence-electron chi connectivity index (χ1n) is 15.2. The summed E-state index contributed by atoms with van der Waals surface area (Å²) in [7, 11) is 0. The Morgan fingerprint density at radius 1 is 0.833 bits per heavy atom. The first-order chi connectivity index (χ1) is 23.2. The summed E-state index contributed by atoms with van der Waals surface area (Å²) in [6.45, 7) is 7.89. The van der Waals surface area contributed by atoms with Crippen LogP contribution in [0.3, 0.4) is 0 Å². The number of hydrazone groups is 1. The number of esters is 1. The molecule has 0 aromatic heterocycles. The zero-order valence-electron chi connectivity index (χ0n) is 26.7. The average Bonchev–Trinajstić information content (AvgIpc) is 3.10. The minimum Gasteiger partial charge on any atom is -0.490 e. The predicted octanol–water partition coefficient (Wildman–Crippen LogP) is 5.98. The molecule has 0 aliphatic rings. The van der Waals surface area contributed by atoms with Gasteiger partial charge >= 0.3 is 5.97 Å². The highest BCUT2D eigenvalue weighted by molar-refractivity contribution is 6.05. The van der Waals surface area contributed by atoms with E-state index in [1.54, 1.807) is 55.5 Å². The first-order valence-corrected chi connectivity index (χ1v) is 15.2. The number of nitro groups is 1. The second kappa shape index (κ2) is 16.9. The Morgan fingerprint density at radius 2 is 1.50 bits per heavy atom. The molecule has 0 spiro atoms. The second-order valence-electron chi connectivity index (χ2n) is 10.2. The topological polar surface area (TPSA) is 152 Å². The third-order valence-electron chi connectivity index (χ3n) is 7.03. The highest BCUT2D eigenvalue weighted by Gasteiger charge is 2.16. The smallest absolute Gasteiger partial charge is 0.343 e. The van der Waals surface area contributed by atoms with Crippen LogP contribution >= 0.6 is 0 Å². The van der Waals surface area contributed by atoms with Gasteiger partial charge in [0.2, 0.25) is 0 Å². The molecule has 0 aliphatic carbocycles. The summed E-state index contributed by atoms with van der Waals surface area (Å²) in [5, 5.41) is 17.7. The van der Waals surface area contributed by atoms with Crippen molar-refractivity contribution in [2.24, 2.45) is 5.10 Å². The first kappa shape index (κ1) is 34.6.